The molecule has 4 heteroatoms. The molecular weight excluding hydrogens is 266 g/mol. The van der Waals surface area contributed by atoms with E-state index in [-0.39, 0.29) is 18.4 Å². The molecule has 3 rings (SSSR count). The molecule has 0 radical (unpaired) electrons. The van der Waals surface area contributed by atoms with E-state index >= 15 is 0 Å². The number of nitrogens with zero attached hydrogens (tertiary/aromatic N) is 1. The standard InChI is InChI=1S/C17H15NO3/c1-11-7-8-13-14(9-11)17(21)18(16(13)20)15(10-19)12-5-3-2-4-6-12/h2-9,15,19H,10H2,1H3. The van der Waals surface area contributed by atoms with E-state index < -0.39 is 6.04 Å². The lowest BCUT2D eigenvalue weighted by Gasteiger charge is -2.24. The van der Waals surface area contributed by atoms with Crippen LogP contribution in [-0.4, -0.2) is 28.4 Å². The minimum absolute atomic E-state index is 0.297. The van der Waals surface area contributed by atoms with Crippen LogP contribution < -0.4 is 0 Å². The zero-order valence-corrected chi connectivity index (χ0v) is 11.6. The molecule has 4 nitrogen and oxygen atoms in total. The summed E-state index contributed by atoms with van der Waals surface area (Å²) in [6, 6.07) is 13.6. The molecule has 0 bridgehead atoms. The van der Waals surface area contributed by atoms with Crippen molar-refractivity contribution >= 4 is 11.8 Å². The first kappa shape index (κ1) is 13.5. The van der Waals surface area contributed by atoms with Crippen molar-refractivity contribution in [1.29, 1.82) is 0 Å². The summed E-state index contributed by atoms with van der Waals surface area (Å²) in [7, 11) is 0. The second-order valence-electron chi connectivity index (χ2n) is 5.14. The molecule has 0 fully saturated rings. The Morgan fingerprint density at radius 2 is 1.67 bits per heavy atom. The van der Waals surface area contributed by atoms with E-state index in [1.165, 1.54) is 0 Å². The topological polar surface area (TPSA) is 57.6 Å². The van der Waals surface area contributed by atoms with Gasteiger partial charge in [-0.1, -0.05) is 42.0 Å². The monoisotopic (exact) mass is 281 g/mol. The summed E-state index contributed by atoms with van der Waals surface area (Å²) in [5, 5.41) is 9.66. The molecule has 0 aromatic heterocycles. The molecule has 1 atom stereocenters. The quantitative estimate of drug-likeness (QED) is 0.878. The van der Waals surface area contributed by atoms with Crippen molar-refractivity contribution in [3.8, 4) is 0 Å². The van der Waals surface area contributed by atoms with Gasteiger partial charge in [-0.3, -0.25) is 14.5 Å². The van der Waals surface area contributed by atoms with Gasteiger partial charge in [0.05, 0.1) is 23.8 Å². The summed E-state index contributed by atoms with van der Waals surface area (Å²) in [6.45, 7) is 1.58. The molecule has 106 valence electrons. The van der Waals surface area contributed by atoms with Crippen molar-refractivity contribution in [2.24, 2.45) is 0 Å². The number of aryl methyl sites for hydroxylation is 1. The van der Waals surface area contributed by atoms with Gasteiger partial charge < -0.3 is 5.11 Å². The predicted molar refractivity (Wildman–Crippen MR) is 77.9 cm³/mol. The summed E-state index contributed by atoms with van der Waals surface area (Å²) < 4.78 is 0. The number of carbonyl (C=O) groups excluding carboxylic acids is 2. The van der Waals surface area contributed by atoms with Gasteiger partial charge in [-0.25, -0.2) is 0 Å². The minimum atomic E-state index is -0.654. The maximum atomic E-state index is 12.5. The van der Waals surface area contributed by atoms with Crippen molar-refractivity contribution in [3.63, 3.8) is 0 Å². The van der Waals surface area contributed by atoms with E-state index in [9.17, 15) is 14.7 Å². The number of hydrogen-bond donors (Lipinski definition) is 1. The Morgan fingerprint density at radius 3 is 2.33 bits per heavy atom. The Labute approximate surface area is 122 Å². The van der Waals surface area contributed by atoms with Crippen molar-refractivity contribution in [2.75, 3.05) is 6.61 Å². The lowest BCUT2D eigenvalue weighted by atomic mass is 10.1. The SMILES string of the molecule is Cc1ccc2c(c1)C(=O)N(C(CO)c1ccccc1)C2=O. The average Bonchev–Trinajstić information content (AvgIpc) is 2.74. The molecule has 1 aliphatic rings. The van der Waals surface area contributed by atoms with Crippen molar-refractivity contribution < 1.29 is 14.7 Å². The molecule has 2 aromatic rings. The lowest BCUT2D eigenvalue weighted by molar-refractivity contribution is 0.0514. The smallest absolute Gasteiger partial charge is 0.262 e. The number of aliphatic hydroxyl groups excluding tert-OH is 1. The normalized spacial score (nSPS) is 15.2. The third-order valence-corrected chi connectivity index (χ3v) is 3.74. The van der Waals surface area contributed by atoms with E-state index in [1.54, 1.807) is 24.3 Å². The Balaban J connectivity index is 2.04. The van der Waals surface area contributed by atoms with Crippen LogP contribution in [0.25, 0.3) is 0 Å². The number of fused-ring (bicyclic) bond motifs is 1. The molecule has 1 unspecified atom stereocenters. The van der Waals surface area contributed by atoms with E-state index in [0.717, 1.165) is 16.0 Å². The molecule has 0 aliphatic carbocycles. The van der Waals surface area contributed by atoms with Gasteiger partial charge in [0.25, 0.3) is 11.8 Å². The van der Waals surface area contributed by atoms with Crippen LogP contribution in [0, 0.1) is 6.92 Å². The third kappa shape index (κ3) is 2.14. The molecule has 21 heavy (non-hydrogen) atoms. The number of hydrogen-bond acceptors (Lipinski definition) is 3. The number of amides is 2. The van der Waals surface area contributed by atoms with Crippen LogP contribution in [-0.2, 0) is 0 Å². The molecule has 0 saturated heterocycles. The first-order valence-corrected chi connectivity index (χ1v) is 6.78. The molecular formula is C17H15NO3. The van der Waals surface area contributed by atoms with Crippen LogP contribution in [0.2, 0.25) is 0 Å². The number of benzene rings is 2. The molecule has 0 saturated carbocycles. The van der Waals surface area contributed by atoms with E-state index in [2.05, 4.69) is 0 Å². The molecule has 1 heterocycles. The number of aliphatic hydroxyl groups is 1. The first-order chi connectivity index (χ1) is 10.1. The van der Waals surface area contributed by atoms with Gasteiger partial charge in [0.1, 0.15) is 0 Å². The van der Waals surface area contributed by atoms with Crippen LogP contribution in [0.4, 0.5) is 0 Å². The zero-order valence-electron chi connectivity index (χ0n) is 11.6. The summed E-state index contributed by atoms with van der Waals surface area (Å²) >= 11 is 0. The van der Waals surface area contributed by atoms with Gasteiger partial charge in [-0.05, 0) is 24.6 Å². The van der Waals surface area contributed by atoms with Gasteiger partial charge in [-0.15, -0.1) is 0 Å². The third-order valence-electron chi connectivity index (χ3n) is 3.74. The Morgan fingerprint density at radius 1 is 1.00 bits per heavy atom. The molecule has 2 amide bonds. The lowest BCUT2D eigenvalue weighted by Crippen LogP contribution is -2.36. The van der Waals surface area contributed by atoms with E-state index in [1.807, 2.05) is 31.2 Å². The Kier molecular flexibility index (Phi) is 3.31. The van der Waals surface area contributed by atoms with Crippen molar-refractivity contribution in [3.05, 3.63) is 70.8 Å². The second kappa shape index (κ2) is 5.14. The van der Waals surface area contributed by atoms with Crippen LogP contribution >= 0.6 is 0 Å². The van der Waals surface area contributed by atoms with Gasteiger partial charge in [0, 0.05) is 0 Å². The van der Waals surface area contributed by atoms with Crippen LogP contribution in [0.3, 0.4) is 0 Å². The average molecular weight is 281 g/mol. The van der Waals surface area contributed by atoms with Crippen molar-refractivity contribution in [1.82, 2.24) is 4.90 Å². The molecule has 1 N–H and O–H groups in total. The highest BCUT2D eigenvalue weighted by Gasteiger charge is 2.40. The minimum Gasteiger partial charge on any atom is -0.394 e. The fourth-order valence-corrected chi connectivity index (χ4v) is 2.67. The number of imide groups is 1. The second-order valence-corrected chi connectivity index (χ2v) is 5.14. The van der Waals surface area contributed by atoms with Crippen LogP contribution in [0.1, 0.15) is 37.9 Å². The highest BCUT2D eigenvalue weighted by atomic mass is 16.3. The van der Waals surface area contributed by atoms with Gasteiger partial charge in [0.15, 0.2) is 0 Å². The number of rotatable bonds is 3. The maximum absolute atomic E-state index is 12.5. The van der Waals surface area contributed by atoms with Crippen molar-refractivity contribution in [2.45, 2.75) is 13.0 Å². The highest BCUT2D eigenvalue weighted by molar-refractivity contribution is 6.21. The summed E-state index contributed by atoms with van der Waals surface area (Å²) in [6.07, 6.45) is 0. The fraction of sp³-hybridized carbons (Fsp3) is 0.176. The van der Waals surface area contributed by atoms with Crippen LogP contribution in [0.15, 0.2) is 48.5 Å². The number of carbonyl (C=O) groups is 2. The van der Waals surface area contributed by atoms with Gasteiger partial charge in [0.2, 0.25) is 0 Å². The highest BCUT2D eigenvalue weighted by Crippen LogP contribution is 2.31. The molecule has 1 aliphatic heterocycles. The molecule has 0 spiro atoms. The first-order valence-electron chi connectivity index (χ1n) is 6.78. The summed E-state index contributed by atoms with van der Waals surface area (Å²) in [5.41, 5.74) is 2.48. The summed E-state index contributed by atoms with van der Waals surface area (Å²) in [5.74, 6) is -0.695. The van der Waals surface area contributed by atoms with E-state index in [0.29, 0.717) is 11.1 Å². The predicted octanol–water partition coefficient (Wildman–Crippen LogP) is 2.32. The summed E-state index contributed by atoms with van der Waals surface area (Å²) in [4.78, 5) is 26.2. The Bertz CT molecular complexity index is 709. The maximum Gasteiger partial charge on any atom is 0.262 e. The van der Waals surface area contributed by atoms with Gasteiger partial charge in [-0.2, -0.15) is 0 Å². The van der Waals surface area contributed by atoms with Gasteiger partial charge >= 0.3 is 0 Å². The zero-order chi connectivity index (χ0) is 15.0. The van der Waals surface area contributed by atoms with E-state index in [4.69, 9.17) is 0 Å². The Hall–Kier alpha value is -2.46. The largest absolute Gasteiger partial charge is 0.394 e. The van der Waals surface area contributed by atoms with Crippen LogP contribution in [0.5, 0.6) is 0 Å². The molecule has 2 aromatic carbocycles. The fourth-order valence-electron chi connectivity index (χ4n) is 2.67.